The molecule has 0 saturated heterocycles. The van der Waals surface area contributed by atoms with Gasteiger partial charge in [0.15, 0.2) is 5.75 Å². The summed E-state index contributed by atoms with van der Waals surface area (Å²) in [5, 5.41) is 12.2. The predicted octanol–water partition coefficient (Wildman–Crippen LogP) is 4.39. The average molecular weight is 433 g/mol. The van der Waals surface area contributed by atoms with Crippen LogP contribution in [0.3, 0.4) is 0 Å². The maximum atomic E-state index is 13.4. The highest BCUT2D eigenvalue weighted by Crippen LogP contribution is 2.39. The first-order valence-electron chi connectivity index (χ1n) is 9.42. The van der Waals surface area contributed by atoms with Crippen molar-refractivity contribution in [3.63, 3.8) is 0 Å². The summed E-state index contributed by atoms with van der Waals surface area (Å²) < 4.78 is 42.4. The number of hydrogen-bond donors (Lipinski definition) is 1. The van der Waals surface area contributed by atoms with E-state index < -0.39 is 10.0 Å². The number of hydrogen-bond acceptors (Lipinski definition) is 5. The van der Waals surface area contributed by atoms with Crippen LogP contribution in [0.25, 0.3) is 10.8 Å². The maximum Gasteiger partial charge on any atom is 0.283 e. The number of anilines is 2. The molecule has 3 aromatic carbocycles. The minimum atomic E-state index is -3.88. The Labute approximate surface area is 178 Å². The van der Waals surface area contributed by atoms with Crippen molar-refractivity contribution in [3.8, 4) is 5.75 Å². The number of pyridine rings is 1. The number of fused-ring (bicyclic) bond motifs is 2. The van der Waals surface area contributed by atoms with Crippen LogP contribution in [0.15, 0.2) is 82.1 Å². The smallest absolute Gasteiger partial charge is 0.283 e. The topological polar surface area (TPSA) is 82.9 Å². The molecule has 4 aromatic rings. The Bertz CT molecular complexity index is 1480. The summed E-state index contributed by atoms with van der Waals surface area (Å²) in [6.07, 6.45) is 0. The lowest BCUT2D eigenvalue weighted by Crippen LogP contribution is -2.15. The molecule has 1 aromatic heterocycles. The second-order valence-corrected chi connectivity index (χ2v) is 8.70. The second-order valence-electron chi connectivity index (χ2n) is 7.12. The highest BCUT2D eigenvalue weighted by Gasteiger charge is 2.32. The molecule has 2 heterocycles. The van der Waals surface area contributed by atoms with Gasteiger partial charge in [0.25, 0.3) is 10.0 Å². The van der Waals surface area contributed by atoms with E-state index in [4.69, 9.17) is 0 Å². The molecule has 0 spiro atoms. The quantitative estimate of drug-likeness (QED) is 0.518. The zero-order valence-corrected chi connectivity index (χ0v) is 17.1. The third-order valence-corrected chi connectivity index (χ3v) is 6.59. The van der Waals surface area contributed by atoms with Crippen LogP contribution in [0.5, 0.6) is 5.75 Å². The summed E-state index contributed by atoms with van der Waals surface area (Å²) in [6.45, 7) is 0. The lowest BCUT2D eigenvalue weighted by Gasteiger charge is -2.22. The molecule has 154 valence electrons. The molecule has 8 heteroatoms. The van der Waals surface area contributed by atoms with Gasteiger partial charge < -0.3 is 10.0 Å². The van der Waals surface area contributed by atoms with Crippen LogP contribution in [0.2, 0.25) is 0 Å². The van der Waals surface area contributed by atoms with Crippen molar-refractivity contribution >= 4 is 38.0 Å². The molecule has 0 atom stereocenters. The van der Waals surface area contributed by atoms with E-state index in [1.807, 2.05) is 12.1 Å². The van der Waals surface area contributed by atoms with Crippen molar-refractivity contribution in [1.29, 1.82) is 0 Å². The molecule has 0 unspecified atom stereocenters. The van der Waals surface area contributed by atoms with Crippen molar-refractivity contribution in [1.82, 2.24) is 4.98 Å². The fourth-order valence-electron chi connectivity index (χ4n) is 3.72. The van der Waals surface area contributed by atoms with Crippen LogP contribution in [0.1, 0.15) is 11.3 Å². The Morgan fingerprint density at radius 1 is 0.903 bits per heavy atom. The van der Waals surface area contributed by atoms with Crippen LogP contribution < -0.4 is 4.90 Å². The summed E-state index contributed by atoms with van der Waals surface area (Å²) >= 11 is 0. The lowest BCUT2D eigenvalue weighted by molar-refractivity contribution is 0.478. The van der Waals surface area contributed by atoms with Crippen molar-refractivity contribution in [3.05, 3.63) is 89.9 Å². The molecule has 1 aliphatic rings. The van der Waals surface area contributed by atoms with Crippen LogP contribution >= 0.6 is 0 Å². The van der Waals surface area contributed by atoms with E-state index in [1.165, 1.54) is 18.2 Å². The van der Waals surface area contributed by atoms with E-state index in [1.54, 1.807) is 54.4 Å². The van der Waals surface area contributed by atoms with E-state index in [-0.39, 0.29) is 27.9 Å². The molecule has 0 amide bonds. The van der Waals surface area contributed by atoms with Gasteiger partial charge in [0, 0.05) is 29.1 Å². The molecule has 1 N–H and O–H groups in total. The van der Waals surface area contributed by atoms with Gasteiger partial charge in [-0.1, -0.05) is 42.5 Å². The Kier molecular flexibility index (Phi) is 4.26. The number of halogens is 1. The first kappa shape index (κ1) is 19.2. The van der Waals surface area contributed by atoms with E-state index in [0.29, 0.717) is 27.8 Å². The number of aromatic hydroxyl groups is 1. The molecule has 1 aliphatic heterocycles. The maximum absolute atomic E-state index is 13.4. The zero-order valence-electron chi connectivity index (χ0n) is 16.3. The molecule has 5 rings (SSSR count). The van der Waals surface area contributed by atoms with Crippen LogP contribution in [-0.2, 0) is 10.0 Å². The third kappa shape index (κ3) is 3.03. The van der Waals surface area contributed by atoms with Gasteiger partial charge in [0.2, 0.25) is 0 Å². The van der Waals surface area contributed by atoms with Gasteiger partial charge in [0.1, 0.15) is 23.0 Å². The Morgan fingerprint density at radius 3 is 2.29 bits per heavy atom. The van der Waals surface area contributed by atoms with Gasteiger partial charge in [-0.2, -0.15) is 12.8 Å². The van der Waals surface area contributed by atoms with Crippen LogP contribution in [0, 0.1) is 5.82 Å². The van der Waals surface area contributed by atoms with Crippen molar-refractivity contribution in [2.45, 2.75) is 4.90 Å². The average Bonchev–Trinajstić information content (AvgIpc) is 3.05. The Balaban J connectivity index is 1.78. The summed E-state index contributed by atoms with van der Waals surface area (Å²) in [5.74, 6) is -0.0412. The summed E-state index contributed by atoms with van der Waals surface area (Å²) in [5.41, 5.74) is 1.22. The fraction of sp³-hybridized carbons (Fsp3) is 0.0435. The third-order valence-electron chi connectivity index (χ3n) is 5.25. The molecule has 0 fully saturated rings. The van der Waals surface area contributed by atoms with E-state index in [2.05, 4.69) is 9.38 Å². The molecule has 31 heavy (non-hydrogen) atoms. The van der Waals surface area contributed by atoms with Crippen molar-refractivity contribution in [2.24, 2.45) is 4.40 Å². The minimum Gasteiger partial charge on any atom is -0.505 e. The van der Waals surface area contributed by atoms with Crippen LogP contribution in [0.4, 0.5) is 15.9 Å². The van der Waals surface area contributed by atoms with Gasteiger partial charge in [-0.3, -0.25) is 0 Å². The van der Waals surface area contributed by atoms with Gasteiger partial charge in [-0.15, -0.1) is 0 Å². The molecule has 0 aliphatic carbocycles. The molecule has 0 radical (unpaired) electrons. The zero-order chi connectivity index (χ0) is 21.8. The van der Waals surface area contributed by atoms with Gasteiger partial charge >= 0.3 is 0 Å². The summed E-state index contributed by atoms with van der Waals surface area (Å²) in [6, 6.07) is 19.5. The van der Waals surface area contributed by atoms with Gasteiger partial charge in [-0.05, 0) is 30.3 Å². The number of benzene rings is 3. The van der Waals surface area contributed by atoms with E-state index in [0.717, 1.165) is 0 Å². The molecule has 0 bridgehead atoms. The van der Waals surface area contributed by atoms with Crippen molar-refractivity contribution < 1.29 is 17.9 Å². The number of nitrogens with zero attached hydrogens (tertiary/aromatic N) is 3. The Hall–Kier alpha value is -3.78. The predicted molar refractivity (Wildman–Crippen MR) is 117 cm³/mol. The lowest BCUT2D eigenvalue weighted by atomic mass is 10.0. The van der Waals surface area contributed by atoms with Gasteiger partial charge in [-0.25, -0.2) is 9.37 Å². The second kappa shape index (κ2) is 6.88. The standard InChI is InChI=1S/C23H16FN3O3S/c1-27(15-12-10-14(24)11-13-15)23-17-7-3-2-6-16(17)22(28)21(25-23)20-18-8-4-5-9-19(18)31(29,30)26-20/h2-13,28H,1H3. The number of rotatable bonds is 3. The number of sulfonamides is 1. The van der Waals surface area contributed by atoms with E-state index >= 15 is 0 Å². The molecular weight excluding hydrogens is 417 g/mol. The normalized spacial score (nSPS) is 14.3. The highest BCUT2D eigenvalue weighted by atomic mass is 32.2. The summed E-state index contributed by atoms with van der Waals surface area (Å²) in [7, 11) is -2.11. The molecular formula is C23H16FN3O3S. The van der Waals surface area contributed by atoms with Crippen molar-refractivity contribution in [2.75, 3.05) is 11.9 Å². The van der Waals surface area contributed by atoms with E-state index in [9.17, 15) is 17.9 Å². The first-order valence-corrected chi connectivity index (χ1v) is 10.9. The first-order chi connectivity index (χ1) is 14.9. The van der Waals surface area contributed by atoms with Crippen LogP contribution in [-0.4, -0.2) is 31.3 Å². The molecule has 6 nitrogen and oxygen atoms in total. The number of aromatic nitrogens is 1. The molecule has 0 saturated carbocycles. The fourth-order valence-corrected chi connectivity index (χ4v) is 4.93. The largest absolute Gasteiger partial charge is 0.505 e. The minimum absolute atomic E-state index is 0.0659. The Morgan fingerprint density at radius 2 is 1.55 bits per heavy atom. The monoisotopic (exact) mass is 433 g/mol. The highest BCUT2D eigenvalue weighted by molar-refractivity contribution is 7.90. The summed E-state index contributed by atoms with van der Waals surface area (Å²) in [4.78, 5) is 6.46. The van der Waals surface area contributed by atoms with Gasteiger partial charge in [0.05, 0.1) is 4.90 Å². The SMILES string of the molecule is CN(c1ccc(F)cc1)c1nc(C2=NS(=O)(=O)c3ccccc32)c(O)c2ccccc12.